The monoisotopic (exact) mass is 594 g/mol. The molecule has 0 aliphatic heterocycles. The maximum atomic E-state index is 13.7. The highest BCUT2D eigenvalue weighted by Crippen LogP contribution is 2.54. The minimum atomic E-state index is -4.58. The average molecular weight is 595 g/mol. The number of aryl methyl sites for hydroxylation is 1. The first kappa shape index (κ1) is 33.5. The van der Waals surface area contributed by atoms with Crippen LogP contribution in [0, 0.1) is 5.92 Å². The number of aromatic hydroxyl groups is 1. The van der Waals surface area contributed by atoms with Crippen molar-refractivity contribution in [1.29, 1.82) is 0 Å². The Morgan fingerprint density at radius 2 is 1.90 bits per heavy atom. The van der Waals surface area contributed by atoms with Gasteiger partial charge in [-0.25, -0.2) is 9.36 Å². The van der Waals surface area contributed by atoms with Gasteiger partial charge in [-0.2, -0.15) is 0 Å². The first-order valence-electron chi connectivity index (χ1n) is 14.7. The molecule has 0 spiro atoms. The van der Waals surface area contributed by atoms with Crippen LogP contribution >= 0.6 is 7.82 Å². The molecule has 41 heavy (non-hydrogen) atoms. The van der Waals surface area contributed by atoms with Crippen LogP contribution < -0.4 is 4.74 Å². The molecule has 0 aromatic heterocycles. The van der Waals surface area contributed by atoms with E-state index < -0.39 is 19.4 Å². The van der Waals surface area contributed by atoms with Gasteiger partial charge in [0, 0.05) is 18.6 Å². The van der Waals surface area contributed by atoms with E-state index in [0.717, 1.165) is 49.7 Å². The third-order valence-corrected chi connectivity index (χ3v) is 8.99. The minimum Gasteiger partial charge on any atom is -0.507 e. The highest BCUT2D eigenvalue weighted by Gasteiger charge is 2.52. The number of ether oxygens (including phenoxy) is 3. The number of phosphoric ester groups is 1. The average Bonchev–Trinajstić information content (AvgIpc) is 2.88. The molecule has 2 aliphatic rings. The van der Waals surface area contributed by atoms with Crippen LogP contribution in [0.2, 0.25) is 0 Å². The van der Waals surface area contributed by atoms with Crippen molar-refractivity contribution < 1.29 is 42.6 Å². The number of benzene rings is 1. The van der Waals surface area contributed by atoms with E-state index in [4.69, 9.17) is 23.3 Å². The smallest absolute Gasteiger partial charge is 0.473 e. The lowest BCUT2D eigenvalue weighted by atomic mass is 9.73. The first-order valence-corrected chi connectivity index (χ1v) is 16.2. The van der Waals surface area contributed by atoms with E-state index in [0.29, 0.717) is 25.2 Å². The molecule has 0 saturated heterocycles. The molecular weight excluding hydrogens is 547 g/mol. The van der Waals surface area contributed by atoms with Crippen molar-refractivity contribution in [2.24, 2.45) is 5.92 Å². The Labute approximate surface area is 244 Å². The van der Waals surface area contributed by atoms with Gasteiger partial charge in [-0.05, 0) is 82.4 Å². The normalized spacial score (nSPS) is 21.4. The number of unbranched alkanes of at least 4 members (excludes halogenated alkanes) is 2. The number of allylic oxidation sites excluding steroid dienone is 3. The molecule has 3 atom stereocenters. The summed E-state index contributed by atoms with van der Waals surface area (Å²) in [6.07, 6.45) is 8.76. The van der Waals surface area contributed by atoms with Gasteiger partial charge >= 0.3 is 13.8 Å². The zero-order chi connectivity index (χ0) is 30.0. The number of hydrogen-bond acceptors (Lipinski definition) is 8. The van der Waals surface area contributed by atoms with Crippen LogP contribution in [-0.4, -0.2) is 55.1 Å². The number of phenolic OH excluding ortho intramolecular Hbond substituents is 1. The fraction of sp³-hybridized carbons (Fsp3) is 0.645. The summed E-state index contributed by atoms with van der Waals surface area (Å²) in [4.78, 5) is 24.0. The van der Waals surface area contributed by atoms with E-state index in [9.17, 15) is 19.4 Å². The lowest BCUT2D eigenvalue weighted by Gasteiger charge is -2.39. The summed E-state index contributed by atoms with van der Waals surface area (Å²) in [7, 11) is -3.04. The van der Waals surface area contributed by atoms with Crippen molar-refractivity contribution in [2.45, 2.75) is 90.1 Å². The molecule has 2 aliphatic carbocycles. The van der Waals surface area contributed by atoms with Gasteiger partial charge < -0.3 is 24.2 Å². The number of phenols is 1. The minimum absolute atomic E-state index is 0.0669. The van der Waals surface area contributed by atoms with Crippen LogP contribution in [0.5, 0.6) is 11.5 Å². The molecule has 1 saturated carbocycles. The summed E-state index contributed by atoms with van der Waals surface area (Å²) in [6, 6.07) is 3.57. The second-order valence-corrected chi connectivity index (χ2v) is 12.6. The van der Waals surface area contributed by atoms with Crippen molar-refractivity contribution in [3.8, 4) is 11.5 Å². The van der Waals surface area contributed by atoms with E-state index >= 15 is 0 Å². The molecule has 10 heteroatoms. The number of rotatable bonds is 17. The van der Waals surface area contributed by atoms with Crippen LogP contribution in [0.1, 0.15) is 89.2 Å². The van der Waals surface area contributed by atoms with Gasteiger partial charge in [-0.15, -0.1) is 0 Å². The van der Waals surface area contributed by atoms with E-state index in [1.165, 1.54) is 5.57 Å². The van der Waals surface area contributed by atoms with Gasteiger partial charge in [-0.3, -0.25) is 9.05 Å². The van der Waals surface area contributed by atoms with Crippen molar-refractivity contribution in [1.82, 2.24) is 0 Å². The molecule has 1 unspecified atom stereocenters. The summed E-state index contributed by atoms with van der Waals surface area (Å²) in [5.41, 5.74) is 1.96. The molecular formula is C31H47O9P. The Kier molecular flexibility index (Phi) is 12.6. The number of carbonyl (C=O) groups is 1. The zero-order valence-electron chi connectivity index (χ0n) is 25.0. The van der Waals surface area contributed by atoms with E-state index in [1.54, 1.807) is 13.2 Å². The van der Waals surface area contributed by atoms with Crippen LogP contribution in [-0.2, 0) is 34.3 Å². The second kappa shape index (κ2) is 15.5. The van der Waals surface area contributed by atoms with Gasteiger partial charge in [0.2, 0.25) is 0 Å². The van der Waals surface area contributed by atoms with Crippen molar-refractivity contribution in [3.63, 3.8) is 0 Å². The van der Waals surface area contributed by atoms with Gasteiger partial charge in [0.25, 0.3) is 0 Å². The summed E-state index contributed by atoms with van der Waals surface area (Å²) >= 11 is 0. The summed E-state index contributed by atoms with van der Waals surface area (Å²) in [5.74, 6) is -0.611. The van der Waals surface area contributed by atoms with Crippen molar-refractivity contribution in [3.05, 3.63) is 47.1 Å². The maximum Gasteiger partial charge on any atom is 0.473 e. The Balaban J connectivity index is 1.86. The third kappa shape index (κ3) is 9.24. The Morgan fingerprint density at radius 3 is 2.54 bits per heavy atom. The largest absolute Gasteiger partial charge is 0.507 e. The van der Waals surface area contributed by atoms with E-state index in [2.05, 4.69) is 26.5 Å². The molecule has 1 aromatic carbocycles. The van der Waals surface area contributed by atoms with Crippen molar-refractivity contribution in [2.75, 3.05) is 33.5 Å². The Bertz CT molecular complexity index is 1120. The van der Waals surface area contributed by atoms with Crippen LogP contribution in [0.3, 0.4) is 0 Å². The summed E-state index contributed by atoms with van der Waals surface area (Å²) in [5, 5.41) is 11.3. The fourth-order valence-corrected chi connectivity index (χ4v) is 6.50. The molecule has 0 bridgehead atoms. The quantitative estimate of drug-likeness (QED) is 0.0662. The van der Waals surface area contributed by atoms with Crippen LogP contribution in [0.25, 0.3) is 0 Å². The van der Waals surface area contributed by atoms with Crippen LogP contribution in [0.4, 0.5) is 0 Å². The van der Waals surface area contributed by atoms with Crippen molar-refractivity contribution >= 4 is 13.8 Å². The summed E-state index contributed by atoms with van der Waals surface area (Å²) in [6.45, 7) is 10.9. The molecule has 9 nitrogen and oxygen atoms in total. The van der Waals surface area contributed by atoms with E-state index in [1.807, 2.05) is 13.0 Å². The number of methoxy groups -OCH3 is 1. The first-order chi connectivity index (χ1) is 19.5. The fourth-order valence-electron chi connectivity index (χ4n) is 5.44. The summed E-state index contributed by atoms with van der Waals surface area (Å²) < 4.78 is 39.5. The number of esters is 1. The highest BCUT2D eigenvalue weighted by atomic mass is 31.2. The predicted octanol–water partition coefficient (Wildman–Crippen LogP) is 6.77. The Hall–Kier alpha value is -2.00. The molecule has 230 valence electrons. The molecule has 1 fully saturated rings. The molecule has 0 amide bonds. The highest BCUT2D eigenvalue weighted by molar-refractivity contribution is 7.47. The standard InChI is InChI=1S/C31H47O9P/c1-6-7-8-10-24-20-27(32)29(26-19-23(4)11-12-25(26)22(2)3)28(21-24)39-30(33)31(13-9-14-31)40-41(34,35)38-18-17-37-16-15-36-5/h19-21,25-26,32H,2,6-18H2,1,3-5H3,(H,34,35)/t25-,26+/m0/s1. The number of hydrogen-bond donors (Lipinski definition) is 2. The number of phosphoric acid groups is 1. The van der Waals surface area contributed by atoms with Gasteiger partial charge in [0.15, 0.2) is 5.60 Å². The maximum absolute atomic E-state index is 13.7. The molecule has 1 aromatic rings. The topological polar surface area (TPSA) is 121 Å². The lowest BCUT2D eigenvalue weighted by molar-refractivity contribution is -0.163. The van der Waals surface area contributed by atoms with E-state index in [-0.39, 0.29) is 49.4 Å². The van der Waals surface area contributed by atoms with Gasteiger partial charge in [0.1, 0.15) is 11.5 Å². The second-order valence-electron chi connectivity index (χ2n) is 11.2. The predicted molar refractivity (Wildman–Crippen MR) is 157 cm³/mol. The SMILES string of the molecule is C=C(C)[C@@H]1CCC(C)=C[C@H]1c1c(O)cc(CCCCC)cc1OC(=O)C1(OP(=O)(O)OCCOCCOC)CCC1. The Morgan fingerprint density at radius 1 is 1.17 bits per heavy atom. The molecule has 3 rings (SSSR count). The zero-order valence-corrected chi connectivity index (χ0v) is 25.9. The molecule has 0 radical (unpaired) electrons. The van der Waals surface area contributed by atoms with Gasteiger partial charge in [-0.1, -0.05) is 43.6 Å². The number of carbonyl (C=O) groups excluding carboxylic acids is 1. The molecule has 2 N–H and O–H groups in total. The third-order valence-electron chi connectivity index (χ3n) is 7.90. The lowest BCUT2D eigenvalue weighted by Crippen LogP contribution is -2.49. The molecule has 0 heterocycles. The van der Waals surface area contributed by atoms with Crippen LogP contribution in [0.15, 0.2) is 35.9 Å². The van der Waals surface area contributed by atoms with Gasteiger partial charge in [0.05, 0.1) is 26.4 Å².